The summed E-state index contributed by atoms with van der Waals surface area (Å²) in [7, 11) is -3.91. The fourth-order valence-corrected chi connectivity index (χ4v) is 4.71. The first-order valence-corrected chi connectivity index (χ1v) is 10.8. The highest BCUT2D eigenvalue weighted by atomic mass is 32.2. The third-order valence-corrected chi connectivity index (χ3v) is 6.45. The number of rotatable bonds is 5. The topological polar surface area (TPSA) is 103 Å². The minimum absolute atomic E-state index is 0.0161. The number of nitrogens with one attached hydrogen (secondary N) is 2. The Morgan fingerprint density at radius 3 is 2.54 bits per heavy atom. The van der Waals surface area contributed by atoms with Crippen LogP contribution in [0.3, 0.4) is 0 Å². The molecule has 2 amide bonds. The molecule has 0 aliphatic carbocycles. The Kier molecular flexibility index (Phi) is 4.84. The van der Waals surface area contributed by atoms with E-state index in [-0.39, 0.29) is 22.4 Å². The molecule has 0 radical (unpaired) electrons. The maximum Gasteiger partial charge on any atom is 0.270 e. The molecular weight excluding hydrogens is 380 g/mol. The summed E-state index contributed by atoms with van der Waals surface area (Å²) in [4.78, 5) is 30.6. The zero-order valence-electron chi connectivity index (χ0n) is 15.3. The van der Waals surface area contributed by atoms with Crippen LogP contribution in [-0.4, -0.2) is 49.8 Å². The van der Waals surface area contributed by atoms with Gasteiger partial charge in [0.15, 0.2) is 0 Å². The standard InChI is InChI=1S/C19H22N4O4S/c24-18-8-5-11-23(18)17-7-2-1-6-15(17)21-28(26,27)14-12-16(20-13-14)19(25)22-9-3-4-10-22/h1-2,6-7,12-13,20-21H,3-5,8-11H2. The Bertz CT molecular complexity index is 1010. The first kappa shape index (κ1) is 18.5. The van der Waals surface area contributed by atoms with Gasteiger partial charge in [0.25, 0.3) is 15.9 Å². The Morgan fingerprint density at radius 1 is 1.07 bits per heavy atom. The number of anilines is 2. The van der Waals surface area contributed by atoms with Crippen molar-refractivity contribution in [2.75, 3.05) is 29.3 Å². The molecular formula is C19H22N4O4S. The second-order valence-corrected chi connectivity index (χ2v) is 8.70. The van der Waals surface area contributed by atoms with Crippen LogP contribution < -0.4 is 9.62 Å². The van der Waals surface area contributed by atoms with Crippen LogP contribution in [0.5, 0.6) is 0 Å². The smallest absolute Gasteiger partial charge is 0.270 e. The lowest BCUT2D eigenvalue weighted by molar-refractivity contribution is -0.117. The van der Waals surface area contributed by atoms with Crippen molar-refractivity contribution in [3.63, 3.8) is 0 Å². The van der Waals surface area contributed by atoms with Crippen molar-refractivity contribution in [2.24, 2.45) is 0 Å². The van der Waals surface area contributed by atoms with E-state index in [0.29, 0.717) is 37.4 Å². The lowest BCUT2D eigenvalue weighted by Gasteiger charge is -2.20. The van der Waals surface area contributed by atoms with Gasteiger partial charge in [0.1, 0.15) is 10.6 Å². The number of amides is 2. The number of benzene rings is 1. The minimum atomic E-state index is -3.91. The van der Waals surface area contributed by atoms with Crippen molar-refractivity contribution in [3.8, 4) is 0 Å². The van der Waals surface area contributed by atoms with Crippen molar-refractivity contribution in [1.82, 2.24) is 9.88 Å². The largest absolute Gasteiger partial charge is 0.356 e. The van der Waals surface area contributed by atoms with Crippen molar-refractivity contribution in [2.45, 2.75) is 30.6 Å². The molecule has 0 spiro atoms. The quantitative estimate of drug-likeness (QED) is 0.800. The average Bonchev–Trinajstić information content (AvgIpc) is 3.43. The van der Waals surface area contributed by atoms with Crippen molar-refractivity contribution >= 4 is 33.2 Å². The summed E-state index contributed by atoms with van der Waals surface area (Å²) in [5.74, 6) is -0.214. The molecule has 0 saturated carbocycles. The summed E-state index contributed by atoms with van der Waals surface area (Å²) in [5, 5.41) is 0. The predicted octanol–water partition coefficient (Wildman–Crippen LogP) is 2.18. The molecule has 2 saturated heterocycles. The SMILES string of the molecule is O=C(c1cc(S(=O)(=O)Nc2ccccc2N2CCCC2=O)c[nH]1)N1CCCC1. The summed E-state index contributed by atoms with van der Waals surface area (Å²) in [5.41, 5.74) is 1.13. The third kappa shape index (κ3) is 3.49. The first-order chi connectivity index (χ1) is 13.5. The highest BCUT2D eigenvalue weighted by Gasteiger charge is 2.27. The number of hydrogen-bond acceptors (Lipinski definition) is 4. The molecule has 2 aliphatic heterocycles. The number of aromatic amines is 1. The van der Waals surface area contributed by atoms with E-state index < -0.39 is 10.0 Å². The average molecular weight is 402 g/mol. The van der Waals surface area contributed by atoms with E-state index in [2.05, 4.69) is 9.71 Å². The van der Waals surface area contributed by atoms with Gasteiger partial charge < -0.3 is 14.8 Å². The van der Waals surface area contributed by atoms with Crippen LogP contribution in [0.4, 0.5) is 11.4 Å². The van der Waals surface area contributed by atoms with E-state index in [1.807, 2.05) is 0 Å². The number of para-hydroxylation sites is 2. The van der Waals surface area contributed by atoms with Crippen LogP contribution in [-0.2, 0) is 14.8 Å². The number of sulfonamides is 1. The van der Waals surface area contributed by atoms with E-state index in [9.17, 15) is 18.0 Å². The number of nitrogens with zero attached hydrogens (tertiary/aromatic N) is 2. The van der Waals surface area contributed by atoms with Crippen molar-refractivity contribution < 1.29 is 18.0 Å². The van der Waals surface area contributed by atoms with Crippen LogP contribution in [0, 0.1) is 0 Å². The molecule has 148 valence electrons. The van der Waals surface area contributed by atoms with Gasteiger partial charge in [-0.25, -0.2) is 8.42 Å². The molecule has 0 bridgehead atoms. The maximum atomic E-state index is 12.8. The van der Waals surface area contributed by atoms with E-state index in [1.165, 1.54) is 12.3 Å². The second kappa shape index (κ2) is 7.31. The van der Waals surface area contributed by atoms with E-state index in [1.54, 1.807) is 34.1 Å². The van der Waals surface area contributed by atoms with Crippen molar-refractivity contribution in [1.29, 1.82) is 0 Å². The van der Waals surface area contributed by atoms with E-state index in [0.717, 1.165) is 19.3 Å². The second-order valence-electron chi connectivity index (χ2n) is 7.02. The molecule has 2 fully saturated rings. The number of carbonyl (C=O) groups excluding carboxylic acids is 2. The van der Waals surface area contributed by atoms with Crippen molar-refractivity contribution in [3.05, 3.63) is 42.2 Å². The van der Waals surface area contributed by atoms with E-state index in [4.69, 9.17) is 0 Å². The molecule has 2 N–H and O–H groups in total. The number of carbonyl (C=O) groups is 2. The Balaban J connectivity index is 1.57. The highest BCUT2D eigenvalue weighted by molar-refractivity contribution is 7.92. The summed E-state index contributed by atoms with van der Waals surface area (Å²) in [6, 6.07) is 8.18. The lowest BCUT2D eigenvalue weighted by atomic mass is 10.2. The van der Waals surface area contributed by atoms with Gasteiger partial charge >= 0.3 is 0 Å². The molecule has 8 nitrogen and oxygen atoms in total. The summed E-state index contributed by atoms with van der Waals surface area (Å²) in [6.45, 7) is 1.95. The summed E-state index contributed by atoms with van der Waals surface area (Å²) >= 11 is 0. The van der Waals surface area contributed by atoms with Crippen LogP contribution in [0.2, 0.25) is 0 Å². The highest BCUT2D eigenvalue weighted by Crippen LogP contribution is 2.31. The third-order valence-electron chi connectivity index (χ3n) is 5.10. The molecule has 2 aliphatic rings. The lowest BCUT2D eigenvalue weighted by Crippen LogP contribution is -2.27. The summed E-state index contributed by atoms with van der Waals surface area (Å²) < 4.78 is 28.3. The molecule has 0 atom stereocenters. The molecule has 3 heterocycles. The van der Waals surface area contributed by atoms with Crippen LogP contribution in [0.15, 0.2) is 41.4 Å². The van der Waals surface area contributed by atoms with Gasteiger partial charge in [0.05, 0.1) is 11.4 Å². The fraction of sp³-hybridized carbons (Fsp3) is 0.368. The van der Waals surface area contributed by atoms with Gasteiger partial charge in [-0.1, -0.05) is 12.1 Å². The van der Waals surface area contributed by atoms with Gasteiger partial charge in [-0.15, -0.1) is 0 Å². The number of aromatic nitrogens is 1. The van der Waals surface area contributed by atoms with Gasteiger partial charge in [0, 0.05) is 32.3 Å². The van der Waals surface area contributed by atoms with Crippen LogP contribution in [0.1, 0.15) is 36.2 Å². The Labute approximate surface area is 163 Å². The van der Waals surface area contributed by atoms with Gasteiger partial charge in [-0.05, 0) is 37.5 Å². The zero-order chi connectivity index (χ0) is 19.7. The first-order valence-electron chi connectivity index (χ1n) is 9.35. The number of hydrogen-bond donors (Lipinski definition) is 2. The summed E-state index contributed by atoms with van der Waals surface area (Å²) in [6.07, 6.45) is 4.45. The van der Waals surface area contributed by atoms with Gasteiger partial charge in [-0.3, -0.25) is 14.3 Å². The Morgan fingerprint density at radius 2 is 1.82 bits per heavy atom. The van der Waals surface area contributed by atoms with E-state index >= 15 is 0 Å². The predicted molar refractivity (Wildman–Crippen MR) is 105 cm³/mol. The normalized spacial score (nSPS) is 17.4. The fourth-order valence-electron chi connectivity index (χ4n) is 3.65. The minimum Gasteiger partial charge on any atom is -0.356 e. The van der Waals surface area contributed by atoms with Gasteiger partial charge in [0.2, 0.25) is 5.91 Å². The van der Waals surface area contributed by atoms with Gasteiger partial charge in [-0.2, -0.15) is 0 Å². The molecule has 9 heteroatoms. The van der Waals surface area contributed by atoms with Crippen LogP contribution >= 0.6 is 0 Å². The monoisotopic (exact) mass is 402 g/mol. The molecule has 4 rings (SSSR count). The number of likely N-dealkylation sites (tertiary alicyclic amines) is 1. The maximum absolute atomic E-state index is 12.8. The zero-order valence-corrected chi connectivity index (χ0v) is 16.2. The molecule has 0 unspecified atom stereocenters. The Hall–Kier alpha value is -2.81. The molecule has 1 aromatic carbocycles. The number of H-pyrrole nitrogens is 1. The molecule has 1 aromatic heterocycles. The van der Waals surface area contributed by atoms with Crippen LogP contribution in [0.25, 0.3) is 0 Å². The molecule has 2 aromatic rings. The molecule has 28 heavy (non-hydrogen) atoms.